The standard InChI is InChI=1S/C11H19N3/c1-11(7-4-5-8-11)14(3)10-6-9-13(2)12-10/h6,9H,4-5,7-8H2,1-3H3. The van der Waals surface area contributed by atoms with Gasteiger partial charge in [-0.3, -0.25) is 4.68 Å². The molecule has 0 amide bonds. The molecule has 1 saturated carbocycles. The smallest absolute Gasteiger partial charge is 0.150 e. The molecule has 0 aromatic carbocycles. The third-order valence-electron chi connectivity index (χ3n) is 3.53. The van der Waals surface area contributed by atoms with Crippen molar-refractivity contribution in [1.82, 2.24) is 9.78 Å². The Morgan fingerprint density at radius 3 is 2.57 bits per heavy atom. The fourth-order valence-corrected chi connectivity index (χ4v) is 2.33. The fraction of sp³-hybridized carbons (Fsp3) is 0.727. The van der Waals surface area contributed by atoms with Crippen molar-refractivity contribution in [2.45, 2.75) is 38.1 Å². The van der Waals surface area contributed by atoms with Gasteiger partial charge >= 0.3 is 0 Å². The molecule has 1 aromatic heterocycles. The van der Waals surface area contributed by atoms with Crippen LogP contribution >= 0.6 is 0 Å². The first-order chi connectivity index (χ1) is 6.62. The molecule has 1 aliphatic rings. The average Bonchev–Trinajstić information content (AvgIpc) is 2.74. The Labute approximate surface area is 85.7 Å². The highest BCUT2D eigenvalue weighted by atomic mass is 15.3. The van der Waals surface area contributed by atoms with Gasteiger partial charge in [-0.25, -0.2) is 0 Å². The van der Waals surface area contributed by atoms with E-state index in [9.17, 15) is 0 Å². The van der Waals surface area contributed by atoms with Crippen LogP contribution in [0.15, 0.2) is 12.3 Å². The number of aromatic nitrogens is 2. The summed E-state index contributed by atoms with van der Waals surface area (Å²) in [6.45, 7) is 2.34. The van der Waals surface area contributed by atoms with Crippen molar-refractivity contribution in [2.24, 2.45) is 7.05 Å². The van der Waals surface area contributed by atoms with E-state index in [-0.39, 0.29) is 0 Å². The summed E-state index contributed by atoms with van der Waals surface area (Å²) in [6, 6.07) is 2.09. The van der Waals surface area contributed by atoms with Crippen LogP contribution in [-0.2, 0) is 7.05 Å². The van der Waals surface area contributed by atoms with E-state index in [0.29, 0.717) is 5.54 Å². The zero-order chi connectivity index (χ0) is 10.2. The second-order valence-corrected chi connectivity index (χ2v) is 4.61. The van der Waals surface area contributed by atoms with E-state index in [1.54, 1.807) is 0 Å². The molecular weight excluding hydrogens is 174 g/mol. The van der Waals surface area contributed by atoms with Gasteiger partial charge in [0.1, 0.15) is 0 Å². The van der Waals surface area contributed by atoms with Crippen LogP contribution in [0.5, 0.6) is 0 Å². The van der Waals surface area contributed by atoms with Gasteiger partial charge in [0.05, 0.1) is 0 Å². The predicted octanol–water partition coefficient (Wildman–Crippen LogP) is 2.19. The molecular formula is C11H19N3. The van der Waals surface area contributed by atoms with E-state index in [2.05, 4.69) is 30.0 Å². The average molecular weight is 193 g/mol. The molecule has 0 aliphatic heterocycles. The molecule has 0 unspecified atom stereocenters. The van der Waals surface area contributed by atoms with E-state index in [1.165, 1.54) is 25.7 Å². The molecule has 0 atom stereocenters. The summed E-state index contributed by atoms with van der Waals surface area (Å²) in [5.41, 5.74) is 0.328. The molecule has 1 fully saturated rings. The highest BCUT2D eigenvalue weighted by Gasteiger charge is 2.33. The van der Waals surface area contributed by atoms with Crippen LogP contribution < -0.4 is 4.90 Å². The Bertz CT molecular complexity index is 310. The number of anilines is 1. The SMILES string of the molecule is CN(c1ccn(C)n1)C1(C)CCCC1. The zero-order valence-electron chi connectivity index (χ0n) is 9.32. The monoisotopic (exact) mass is 193 g/mol. The molecule has 1 aliphatic carbocycles. The molecule has 3 nitrogen and oxygen atoms in total. The van der Waals surface area contributed by atoms with E-state index in [1.807, 2.05) is 17.9 Å². The fourth-order valence-electron chi connectivity index (χ4n) is 2.33. The van der Waals surface area contributed by atoms with Gasteiger partial charge in [-0.1, -0.05) is 12.8 Å². The molecule has 3 heteroatoms. The lowest BCUT2D eigenvalue weighted by molar-refractivity contribution is 0.452. The van der Waals surface area contributed by atoms with Gasteiger partial charge < -0.3 is 4.90 Å². The van der Waals surface area contributed by atoms with Gasteiger partial charge in [0, 0.05) is 31.9 Å². The van der Waals surface area contributed by atoms with Gasteiger partial charge in [-0.15, -0.1) is 0 Å². The number of rotatable bonds is 2. The van der Waals surface area contributed by atoms with Crippen molar-refractivity contribution >= 4 is 5.82 Å². The van der Waals surface area contributed by atoms with Gasteiger partial charge in [0.2, 0.25) is 0 Å². The summed E-state index contributed by atoms with van der Waals surface area (Å²) in [6.07, 6.45) is 7.30. The summed E-state index contributed by atoms with van der Waals surface area (Å²) < 4.78 is 1.87. The van der Waals surface area contributed by atoms with E-state index in [0.717, 1.165) is 5.82 Å². The predicted molar refractivity (Wildman–Crippen MR) is 58.5 cm³/mol. The van der Waals surface area contributed by atoms with Crippen molar-refractivity contribution in [1.29, 1.82) is 0 Å². The molecule has 14 heavy (non-hydrogen) atoms. The summed E-state index contributed by atoms with van der Waals surface area (Å²) in [7, 11) is 4.13. The summed E-state index contributed by atoms with van der Waals surface area (Å²) in [5, 5.41) is 4.44. The number of aryl methyl sites for hydroxylation is 1. The quantitative estimate of drug-likeness (QED) is 0.718. The molecule has 0 saturated heterocycles. The van der Waals surface area contributed by atoms with Crippen LogP contribution in [0.3, 0.4) is 0 Å². The zero-order valence-corrected chi connectivity index (χ0v) is 9.32. The van der Waals surface area contributed by atoms with Crippen LogP contribution in [0.2, 0.25) is 0 Å². The van der Waals surface area contributed by atoms with Crippen LogP contribution in [0.1, 0.15) is 32.6 Å². The Kier molecular flexibility index (Phi) is 2.25. The normalized spacial score (nSPS) is 19.9. The third kappa shape index (κ3) is 1.51. The number of hydrogen-bond acceptors (Lipinski definition) is 2. The van der Waals surface area contributed by atoms with E-state index in [4.69, 9.17) is 0 Å². The van der Waals surface area contributed by atoms with Crippen LogP contribution in [0.4, 0.5) is 5.82 Å². The first-order valence-corrected chi connectivity index (χ1v) is 5.35. The Balaban J connectivity index is 2.18. The minimum absolute atomic E-state index is 0.328. The maximum Gasteiger partial charge on any atom is 0.150 e. The second-order valence-electron chi connectivity index (χ2n) is 4.61. The van der Waals surface area contributed by atoms with Crippen LogP contribution in [-0.4, -0.2) is 22.4 Å². The van der Waals surface area contributed by atoms with Crippen molar-refractivity contribution in [3.8, 4) is 0 Å². The topological polar surface area (TPSA) is 21.1 Å². The van der Waals surface area contributed by atoms with Gasteiger partial charge in [0.25, 0.3) is 0 Å². The van der Waals surface area contributed by atoms with E-state index < -0.39 is 0 Å². The lowest BCUT2D eigenvalue weighted by Gasteiger charge is -2.35. The minimum Gasteiger partial charge on any atom is -0.353 e. The van der Waals surface area contributed by atoms with Crippen molar-refractivity contribution < 1.29 is 0 Å². The molecule has 2 rings (SSSR count). The molecule has 0 spiro atoms. The number of nitrogens with zero attached hydrogens (tertiary/aromatic N) is 3. The summed E-state index contributed by atoms with van der Waals surface area (Å²) in [5.74, 6) is 1.09. The molecule has 0 bridgehead atoms. The summed E-state index contributed by atoms with van der Waals surface area (Å²) >= 11 is 0. The first-order valence-electron chi connectivity index (χ1n) is 5.35. The molecule has 1 heterocycles. The second kappa shape index (κ2) is 3.30. The first kappa shape index (κ1) is 9.56. The van der Waals surface area contributed by atoms with E-state index >= 15 is 0 Å². The van der Waals surface area contributed by atoms with Crippen molar-refractivity contribution in [3.63, 3.8) is 0 Å². The maximum absolute atomic E-state index is 4.44. The molecule has 0 radical (unpaired) electrons. The molecule has 0 N–H and O–H groups in total. The molecule has 78 valence electrons. The highest BCUT2D eigenvalue weighted by molar-refractivity contribution is 5.39. The lowest BCUT2D eigenvalue weighted by atomic mass is 9.99. The van der Waals surface area contributed by atoms with Crippen LogP contribution in [0.25, 0.3) is 0 Å². The van der Waals surface area contributed by atoms with Crippen molar-refractivity contribution in [3.05, 3.63) is 12.3 Å². The minimum atomic E-state index is 0.328. The Morgan fingerprint density at radius 2 is 2.07 bits per heavy atom. The lowest BCUT2D eigenvalue weighted by Crippen LogP contribution is -2.41. The largest absolute Gasteiger partial charge is 0.353 e. The maximum atomic E-state index is 4.44. The van der Waals surface area contributed by atoms with Gasteiger partial charge in [-0.2, -0.15) is 5.10 Å². The molecule has 1 aromatic rings. The summed E-state index contributed by atoms with van der Waals surface area (Å²) in [4.78, 5) is 2.33. The number of hydrogen-bond donors (Lipinski definition) is 0. The Hall–Kier alpha value is -0.990. The Morgan fingerprint density at radius 1 is 1.43 bits per heavy atom. The van der Waals surface area contributed by atoms with Gasteiger partial charge in [0.15, 0.2) is 5.82 Å². The van der Waals surface area contributed by atoms with Gasteiger partial charge in [-0.05, 0) is 19.8 Å². The van der Waals surface area contributed by atoms with Crippen molar-refractivity contribution in [2.75, 3.05) is 11.9 Å². The third-order valence-corrected chi connectivity index (χ3v) is 3.53. The van der Waals surface area contributed by atoms with Crippen LogP contribution in [0, 0.1) is 0 Å². The highest BCUT2D eigenvalue weighted by Crippen LogP contribution is 2.35.